The van der Waals surface area contributed by atoms with E-state index in [1.54, 1.807) is 0 Å². The number of ether oxygens (including phenoxy) is 1. The maximum atomic E-state index is 11.9. The van der Waals surface area contributed by atoms with Crippen LogP contribution in [0.4, 0.5) is 13.2 Å². The molecule has 0 aliphatic carbocycles. The van der Waals surface area contributed by atoms with E-state index in [4.69, 9.17) is 9.84 Å². The third kappa shape index (κ3) is 3.11. The summed E-state index contributed by atoms with van der Waals surface area (Å²) in [4.78, 5) is 0. The van der Waals surface area contributed by atoms with Crippen molar-refractivity contribution in [1.82, 2.24) is 5.32 Å². The lowest BCUT2D eigenvalue weighted by molar-refractivity contribution is -0.202. The van der Waals surface area contributed by atoms with Crippen molar-refractivity contribution >= 4 is 0 Å². The molecule has 0 aromatic rings. The molecule has 0 amide bonds. The predicted octanol–water partition coefficient (Wildman–Crippen LogP) is 0.536. The second kappa shape index (κ2) is 4.04. The second-order valence-corrected chi connectivity index (χ2v) is 3.99. The molecule has 0 spiro atoms. The molecule has 0 saturated carbocycles. The molecule has 0 aromatic carbocycles. The van der Waals surface area contributed by atoms with E-state index in [1.807, 2.05) is 6.92 Å². The van der Waals surface area contributed by atoms with Crippen LogP contribution in [0.3, 0.4) is 0 Å². The highest BCUT2D eigenvalue weighted by Gasteiger charge is 2.39. The van der Waals surface area contributed by atoms with Crippen LogP contribution in [0.2, 0.25) is 0 Å². The highest BCUT2D eigenvalue weighted by Crippen LogP contribution is 2.25. The molecule has 1 aliphatic heterocycles. The van der Waals surface area contributed by atoms with Crippen LogP contribution in [0.5, 0.6) is 0 Å². The van der Waals surface area contributed by atoms with E-state index in [0.717, 1.165) is 0 Å². The fourth-order valence-corrected chi connectivity index (χ4v) is 1.18. The van der Waals surface area contributed by atoms with Crippen LogP contribution in [0, 0.1) is 5.41 Å². The molecule has 0 aromatic heterocycles. The van der Waals surface area contributed by atoms with E-state index >= 15 is 0 Å². The van der Waals surface area contributed by atoms with Crippen LogP contribution in [-0.4, -0.2) is 43.7 Å². The fraction of sp³-hybridized carbons (Fsp3) is 1.00. The molecule has 1 unspecified atom stereocenters. The van der Waals surface area contributed by atoms with E-state index in [2.05, 4.69) is 5.32 Å². The number of hydrogen-bond donors (Lipinski definition) is 2. The molecule has 0 bridgehead atoms. The maximum absolute atomic E-state index is 11.9. The van der Waals surface area contributed by atoms with Gasteiger partial charge < -0.3 is 15.2 Å². The molecule has 1 aliphatic rings. The smallest absolute Gasteiger partial charge is 0.382 e. The zero-order valence-electron chi connectivity index (χ0n) is 7.90. The summed E-state index contributed by atoms with van der Waals surface area (Å²) in [5, 5.41) is 11.2. The molecule has 1 heterocycles. The van der Waals surface area contributed by atoms with Gasteiger partial charge >= 0.3 is 6.18 Å². The maximum Gasteiger partial charge on any atom is 0.415 e. The quantitative estimate of drug-likeness (QED) is 0.716. The summed E-state index contributed by atoms with van der Waals surface area (Å²) in [6, 6.07) is 0. The van der Waals surface area contributed by atoms with E-state index < -0.39 is 18.8 Å². The lowest BCUT2D eigenvalue weighted by atomic mass is 9.89. The second-order valence-electron chi connectivity index (χ2n) is 3.99. The van der Waals surface area contributed by atoms with Crippen LogP contribution < -0.4 is 5.32 Å². The van der Waals surface area contributed by atoms with Crippen molar-refractivity contribution in [2.45, 2.75) is 19.2 Å². The molecule has 3 nitrogen and oxygen atoms in total. The van der Waals surface area contributed by atoms with Crippen LogP contribution in [0.15, 0.2) is 0 Å². The number of halogens is 3. The SMILES string of the molecule is CC1(CNCC(O)C(F)(F)F)COC1. The van der Waals surface area contributed by atoms with Crippen molar-refractivity contribution in [3.63, 3.8) is 0 Å². The van der Waals surface area contributed by atoms with Crippen molar-refractivity contribution in [2.24, 2.45) is 5.41 Å². The number of rotatable bonds is 4. The molecule has 2 N–H and O–H groups in total. The molecule has 1 fully saturated rings. The van der Waals surface area contributed by atoms with Gasteiger partial charge in [-0.05, 0) is 0 Å². The third-order valence-electron chi connectivity index (χ3n) is 2.17. The highest BCUT2D eigenvalue weighted by molar-refractivity contribution is 4.83. The van der Waals surface area contributed by atoms with E-state index in [-0.39, 0.29) is 5.41 Å². The fourth-order valence-electron chi connectivity index (χ4n) is 1.18. The van der Waals surface area contributed by atoms with Crippen molar-refractivity contribution in [3.05, 3.63) is 0 Å². The van der Waals surface area contributed by atoms with Crippen molar-refractivity contribution < 1.29 is 23.0 Å². The summed E-state index contributed by atoms with van der Waals surface area (Å²) in [5.74, 6) is 0. The van der Waals surface area contributed by atoms with Gasteiger partial charge in [-0.2, -0.15) is 13.2 Å². The van der Waals surface area contributed by atoms with Gasteiger partial charge in [0.1, 0.15) is 0 Å². The standard InChI is InChI=1S/C8H14F3NO2/c1-7(4-14-5-7)3-12-2-6(13)8(9,10)11/h6,12-13H,2-5H2,1H3. The number of nitrogens with one attached hydrogen (secondary N) is 1. The van der Waals surface area contributed by atoms with Gasteiger partial charge in [-0.15, -0.1) is 0 Å². The Morgan fingerprint density at radius 2 is 2.07 bits per heavy atom. The minimum absolute atomic E-state index is 0.0781. The topological polar surface area (TPSA) is 41.5 Å². The lowest BCUT2D eigenvalue weighted by Gasteiger charge is -2.38. The van der Waals surface area contributed by atoms with Gasteiger partial charge in [0.25, 0.3) is 0 Å². The summed E-state index contributed by atoms with van der Waals surface area (Å²) >= 11 is 0. The molecule has 6 heteroatoms. The van der Waals surface area contributed by atoms with Crippen LogP contribution >= 0.6 is 0 Å². The molecule has 1 saturated heterocycles. The number of aliphatic hydroxyl groups is 1. The third-order valence-corrected chi connectivity index (χ3v) is 2.17. The Morgan fingerprint density at radius 1 is 1.50 bits per heavy atom. The molecule has 84 valence electrons. The molecule has 14 heavy (non-hydrogen) atoms. The van der Waals surface area contributed by atoms with E-state index in [9.17, 15) is 13.2 Å². The molecule has 0 radical (unpaired) electrons. The Morgan fingerprint density at radius 3 is 2.43 bits per heavy atom. The number of alkyl halides is 3. The summed E-state index contributed by atoms with van der Waals surface area (Å²) in [5.41, 5.74) is -0.0781. The van der Waals surface area contributed by atoms with Gasteiger partial charge in [-0.25, -0.2) is 0 Å². The predicted molar refractivity (Wildman–Crippen MR) is 43.9 cm³/mol. The normalized spacial score (nSPS) is 22.9. The summed E-state index contributed by atoms with van der Waals surface area (Å²) in [6.07, 6.45) is -6.82. The van der Waals surface area contributed by atoms with Gasteiger partial charge in [0.05, 0.1) is 13.2 Å². The zero-order valence-corrected chi connectivity index (χ0v) is 7.90. The Balaban J connectivity index is 2.15. The summed E-state index contributed by atoms with van der Waals surface area (Å²) in [7, 11) is 0. The van der Waals surface area contributed by atoms with Crippen molar-refractivity contribution in [3.8, 4) is 0 Å². The van der Waals surface area contributed by atoms with Crippen molar-refractivity contribution in [2.75, 3.05) is 26.3 Å². The molecule has 1 rings (SSSR count). The molecule has 1 atom stereocenters. The first-order valence-corrected chi connectivity index (χ1v) is 4.37. The van der Waals surface area contributed by atoms with Gasteiger partial charge in [-0.3, -0.25) is 0 Å². The Bertz CT molecular complexity index is 192. The minimum Gasteiger partial charge on any atom is -0.382 e. The van der Waals surface area contributed by atoms with Gasteiger partial charge in [0.2, 0.25) is 0 Å². The van der Waals surface area contributed by atoms with Gasteiger partial charge in [0.15, 0.2) is 6.10 Å². The van der Waals surface area contributed by atoms with E-state index in [1.165, 1.54) is 0 Å². The summed E-state index contributed by atoms with van der Waals surface area (Å²) < 4.78 is 40.5. The Labute approximate surface area is 80.2 Å². The minimum atomic E-state index is -4.54. The van der Waals surface area contributed by atoms with Gasteiger partial charge in [0, 0.05) is 18.5 Å². The van der Waals surface area contributed by atoms with Crippen LogP contribution in [0.25, 0.3) is 0 Å². The van der Waals surface area contributed by atoms with Crippen LogP contribution in [-0.2, 0) is 4.74 Å². The molecular weight excluding hydrogens is 199 g/mol. The monoisotopic (exact) mass is 213 g/mol. The van der Waals surface area contributed by atoms with E-state index in [0.29, 0.717) is 19.8 Å². The lowest BCUT2D eigenvalue weighted by Crippen LogP contribution is -2.49. The summed E-state index contributed by atoms with van der Waals surface area (Å²) in [6.45, 7) is 3.01. The average molecular weight is 213 g/mol. The zero-order chi connectivity index (χ0) is 10.8. The first kappa shape index (κ1) is 11.7. The Hall–Kier alpha value is -0.330. The van der Waals surface area contributed by atoms with Gasteiger partial charge in [-0.1, -0.05) is 6.92 Å². The van der Waals surface area contributed by atoms with Crippen molar-refractivity contribution in [1.29, 1.82) is 0 Å². The first-order valence-electron chi connectivity index (χ1n) is 4.37. The van der Waals surface area contributed by atoms with Crippen LogP contribution in [0.1, 0.15) is 6.92 Å². The number of hydrogen-bond acceptors (Lipinski definition) is 3. The first-order chi connectivity index (χ1) is 6.33. The average Bonchev–Trinajstić information content (AvgIpc) is 1.99. The molecular formula is C8H14F3NO2. The number of aliphatic hydroxyl groups excluding tert-OH is 1. The Kier molecular flexibility index (Phi) is 3.39. The largest absolute Gasteiger partial charge is 0.415 e. The highest BCUT2D eigenvalue weighted by atomic mass is 19.4.